The molecule has 0 aliphatic carbocycles. The van der Waals surface area contributed by atoms with Gasteiger partial charge >= 0.3 is 0 Å². The predicted molar refractivity (Wildman–Crippen MR) is 60.6 cm³/mol. The number of aliphatic hydroxyl groups is 2. The van der Waals surface area contributed by atoms with Crippen LogP contribution in [-0.2, 0) is 0 Å². The van der Waals surface area contributed by atoms with Crippen LogP contribution in [0.25, 0.3) is 0 Å². The monoisotopic (exact) mass is 251 g/mol. The van der Waals surface area contributed by atoms with Gasteiger partial charge in [0, 0.05) is 16.3 Å². The zero-order valence-corrected chi connectivity index (χ0v) is 9.34. The lowest BCUT2D eigenvalue weighted by atomic mass is 10.0. The highest BCUT2D eigenvalue weighted by Crippen LogP contribution is 2.29. The second-order valence-corrected chi connectivity index (χ2v) is 3.86. The van der Waals surface area contributed by atoms with Crippen molar-refractivity contribution in [3.63, 3.8) is 0 Å². The zero-order valence-electron chi connectivity index (χ0n) is 7.69. The van der Waals surface area contributed by atoms with E-state index in [-0.39, 0.29) is 22.0 Å². The summed E-state index contributed by atoms with van der Waals surface area (Å²) in [6.45, 7) is 0. The van der Waals surface area contributed by atoms with Gasteiger partial charge in [-0.2, -0.15) is 12.6 Å². The van der Waals surface area contributed by atoms with Gasteiger partial charge in [0.05, 0.1) is 11.8 Å². The molecule has 6 heteroatoms. The topological polar surface area (TPSA) is 66.5 Å². The smallest absolute Gasteiger partial charge is 0.146 e. The van der Waals surface area contributed by atoms with Crippen LogP contribution >= 0.6 is 24.2 Å². The summed E-state index contributed by atoms with van der Waals surface area (Å²) in [7, 11) is 0. The standard InChI is InChI=1S/C9H11ClFNO2S/c10-5-2-7(12)6(11)1-4(5)9(14)8(13)3-15/h1-2,8-9,13-15H,3,12H2. The molecule has 0 saturated heterocycles. The Hall–Kier alpha value is -0.490. The number of hydrogen-bond acceptors (Lipinski definition) is 4. The number of rotatable bonds is 3. The molecule has 1 aromatic carbocycles. The maximum Gasteiger partial charge on any atom is 0.146 e. The van der Waals surface area contributed by atoms with Crippen LogP contribution in [-0.4, -0.2) is 22.1 Å². The number of thiol groups is 1. The van der Waals surface area contributed by atoms with Crippen LogP contribution in [0.2, 0.25) is 5.02 Å². The quantitative estimate of drug-likeness (QED) is 0.485. The summed E-state index contributed by atoms with van der Waals surface area (Å²) in [5, 5.41) is 19.0. The Kier molecular flexibility index (Phi) is 4.21. The molecule has 1 aromatic rings. The Morgan fingerprint density at radius 3 is 2.60 bits per heavy atom. The van der Waals surface area contributed by atoms with E-state index in [0.29, 0.717) is 0 Å². The van der Waals surface area contributed by atoms with Gasteiger partial charge in [0.1, 0.15) is 11.9 Å². The Bertz CT molecular complexity index is 364. The van der Waals surface area contributed by atoms with Crippen molar-refractivity contribution in [2.75, 3.05) is 11.5 Å². The van der Waals surface area contributed by atoms with Crippen molar-refractivity contribution in [1.82, 2.24) is 0 Å². The fourth-order valence-corrected chi connectivity index (χ4v) is 1.59. The van der Waals surface area contributed by atoms with E-state index >= 15 is 0 Å². The lowest BCUT2D eigenvalue weighted by Crippen LogP contribution is -2.20. The molecule has 0 aromatic heterocycles. The van der Waals surface area contributed by atoms with E-state index in [1.54, 1.807) is 0 Å². The third kappa shape index (κ3) is 2.75. The molecule has 0 fully saturated rings. The predicted octanol–water partition coefficient (Wildman–Crippen LogP) is 1.39. The van der Waals surface area contributed by atoms with Crippen LogP contribution in [0.1, 0.15) is 11.7 Å². The van der Waals surface area contributed by atoms with E-state index in [4.69, 9.17) is 17.3 Å². The SMILES string of the molecule is Nc1cc(Cl)c(C(O)C(O)CS)cc1F. The zero-order chi connectivity index (χ0) is 11.6. The highest BCUT2D eigenvalue weighted by atomic mass is 35.5. The molecule has 15 heavy (non-hydrogen) atoms. The van der Waals surface area contributed by atoms with Crippen molar-refractivity contribution < 1.29 is 14.6 Å². The number of benzene rings is 1. The van der Waals surface area contributed by atoms with Crippen LogP contribution < -0.4 is 5.73 Å². The second-order valence-electron chi connectivity index (χ2n) is 3.09. The highest BCUT2D eigenvalue weighted by molar-refractivity contribution is 7.80. The van der Waals surface area contributed by atoms with E-state index in [1.807, 2.05) is 0 Å². The summed E-state index contributed by atoms with van der Waals surface area (Å²) >= 11 is 9.57. The van der Waals surface area contributed by atoms with Crippen LogP contribution in [0.15, 0.2) is 12.1 Å². The molecule has 0 aliphatic heterocycles. The Labute approximate surface area is 97.1 Å². The minimum Gasteiger partial charge on any atom is -0.396 e. The molecule has 0 spiro atoms. The Morgan fingerprint density at radius 1 is 1.47 bits per heavy atom. The van der Waals surface area contributed by atoms with Gasteiger partial charge in [0.15, 0.2) is 0 Å². The minimum atomic E-state index is -1.27. The average Bonchev–Trinajstić information content (AvgIpc) is 2.21. The summed E-state index contributed by atoms with van der Waals surface area (Å²) in [6.07, 6.45) is -2.38. The van der Waals surface area contributed by atoms with E-state index in [2.05, 4.69) is 12.6 Å². The molecule has 84 valence electrons. The molecular formula is C9H11ClFNO2S. The highest BCUT2D eigenvalue weighted by Gasteiger charge is 2.21. The first-order valence-corrected chi connectivity index (χ1v) is 5.19. The lowest BCUT2D eigenvalue weighted by molar-refractivity contribution is 0.0336. The summed E-state index contributed by atoms with van der Waals surface area (Å²) < 4.78 is 13.1. The maximum absolute atomic E-state index is 13.1. The fourth-order valence-electron chi connectivity index (χ4n) is 1.11. The van der Waals surface area contributed by atoms with Crippen molar-refractivity contribution in [1.29, 1.82) is 0 Å². The molecule has 3 nitrogen and oxygen atoms in total. The van der Waals surface area contributed by atoms with Gasteiger partial charge in [-0.1, -0.05) is 11.6 Å². The first kappa shape index (κ1) is 12.6. The van der Waals surface area contributed by atoms with Crippen molar-refractivity contribution in [2.24, 2.45) is 0 Å². The van der Waals surface area contributed by atoms with E-state index in [0.717, 1.165) is 6.07 Å². The van der Waals surface area contributed by atoms with Gasteiger partial charge in [0.2, 0.25) is 0 Å². The molecule has 2 atom stereocenters. The van der Waals surface area contributed by atoms with Crippen LogP contribution in [0.3, 0.4) is 0 Å². The third-order valence-corrected chi connectivity index (χ3v) is 2.69. The number of anilines is 1. The number of nitrogen functional groups attached to an aromatic ring is 1. The number of hydrogen-bond donors (Lipinski definition) is 4. The minimum absolute atomic E-state index is 0.0451. The first-order chi connectivity index (χ1) is 6.97. The molecule has 1 rings (SSSR count). The van der Waals surface area contributed by atoms with Gasteiger partial charge in [-0.15, -0.1) is 0 Å². The normalized spacial score (nSPS) is 15.0. The van der Waals surface area contributed by atoms with Crippen LogP contribution in [0.4, 0.5) is 10.1 Å². The summed E-state index contributed by atoms with van der Waals surface area (Å²) in [6, 6.07) is 2.20. The van der Waals surface area contributed by atoms with E-state index in [9.17, 15) is 14.6 Å². The van der Waals surface area contributed by atoms with E-state index in [1.165, 1.54) is 6.07 Å². The molecule has 0 heterocycles. The van der Waals surface area contributed by atoms with Gasteiger partial charge < -0.3 is 15.9 Å². The average molecular weight is 252 g/mol. The summed E-state index contributed by atoms with van der Waals surface area (Å²) in [5.74, 6) is -0.636. The van der Waals surface area contributed by atoms with Crippen LogP contribution in [0, 0.1) is 5.82 Å². The number of halogens is 2. The fraction of sp³-hybridized carbons (Fsp3) is 0.333. The molecule has 0 amide bonds. The Morgan fingerprint density at radius 2 is 2.07 bits per heavy atom. The lowest BCUT2D eigenvalue weighted by Gasteiger charge is -2.17. The Balaban J connectivity index is 3.09. The second kappa shape index (κ2) is 5.03. The van der Waals surface area contributed by atoms with Crippen molar-refractivity contribution in [3.05, 3.63) is 28.5 Å². The molecule has 0 bridgehead atoms. The molecular weight excluding hydrogens is 241 g/mol. The van der Waals surface area contributed by atoms with Gasteiger partial charge in [-0.05, 0) is 12.1 Å². The van der Waals surface area contributed by atoms with Crippen LogP contribution in [0.5, 0.6) is 0 Å². The van der Waals surface area contributed by atoms with Crippen molar-refractivity contribution >= 4 is 29.9 Å². The van der Waals surface area contributed by atoms with Crippen molar-refractivity contribution in [3.8, 4) is 0 Å². The number of nitrogens with two attached hydrogens (primary N) is 1. The molecule has 0 radical (unpaired) electrons. The molecule has 0 saturated carbocycles. The summed E-state index contributed by atoms with van der Waals surface area (Å²) in [4.78, 5) is 0. The largest absolute Gasteiger partial charge is 0.396 e. The van der Waals surface area contributed by atoms with Crippen molar-refractivity contribution in [2.45, 2.75) is 12.2 Å². The summed E-state index contributed by atoms with van der Waals surface area (Å²) in [5.41, 5.74) is 5.28. The van der Waals surface area contributed by atoms with Gasteiger partial charge in [0.25, 0.3) is 0 Å². The van der Waals surface area contributed by atoms with Gasteiger partial charge in [-0.3, -0.25) is 0 Å². The molecule has 4 N–H and O–H groups in total. The van der Waals surface area contributed by atoms with E-state index < -0.39 is 18.0 Å². The molecule has 2 unspecified atom stereocenters. The maximum atomic E-state index is 13.1. The number of aliphatic hydroxyl groups excluding tert-OH is 2. The third-order valence-electron chi connectivity index (χ3n) is 1.99. The first-order valence-electron chi connectivity index (χ1n) is 4.18. The van der Waals surface area contributed by atoms with Gasteiger partial charge in [-0.25, -0.2) is 4.39 Å². The molecule has 0 aliphatic rings.